The number of piperidine rings is 1. The van der Waals surface area contributed by atoms with Gasteiger partial charge in [-0.05, 0) is 63.6 Å². The van der Waals surface area contributed by atoms with Crippen LogP contribution in [0.2, 0.25) is 0 Å². The van der Waals surface area contributed by atoms with Crippen LogP contribution in [0.15, 0.2) is 18.3 Å². The second kappa shape index (κ2) is 16.6. The Balaban J connectivity index is 0.00000308. The lowest BCUT2D eigenvalue weighted by Gasteiger charge is -2.52. The minimum absolute atomic E-state index is 0. The highest BCUT2D eigenvalue weighted by atomic mass is 35.5. The summed E-state index contributed by atoms with van der Waals surface area (Å²) in [6, 6.07) is 2.77. The second-order valence-electron chi connectivity index (χ2n) is 11.7. The van der Waals surface area contributed by atoms with Crippen molar-refractivity contribution < 1.29 is 24.2 Å². The van der Waals surface area contributed by atoms with Crippen molar-refractivity contribution in [3.8, 4) is 5.75 Å². The van der Waals surface area contributed by atoms with Crippen molar-refractivity contribution in [1.82, 2.24) is 25.4 Å². The Hall–Kier alpha value is -2.14. The molecule has 0 radical (unpaired) electrons. The number of aromatic nitrogens is 1. The van der Waals surface area contributed by atoms with Gasteiger partial charge in [-0.15, -0.1) is 24.8 Å². The van der Waals surface area contributed by atoms with Crippen LogP contribution in [-0.4, -0.2) is 94.6 Å². The maximum atomic E-state index is 13.7. The third kappa shape index (κ3) is 8.71. The first kappa shape index (κ1) is 36.1. The molecule has 0 unspecified atom stereocenters. The second-order valence-corrected chi connectivity index (χ2v) is 11.7. The molecule has 3 heterocycles. The Kier molecular flexibility index (Phi) is 14.3. The Labute approximate surface area is 262 Å². The van der Waals surface area contributed by atoms with Crippen molar-refractivity contribution >= 4 is 42.5 Å². The number of carbonyl (C=O) groups is 3. The van der Waals surface area contributed by atoms with Gasteiger partial charge in [-0.2, -0.15) is 0 Å². The van der Waals surface area contributed by atoms with Crippen LogP contribution in [0.3, 0.4) is 0 Å². The van der Waals surface area contributed by atoms with Gasteiger partial charge in [-0.1, -0.05) is 32.6 Å². The summed E-state index contributed by atoms with van der Waals surface area (Å²) in [4.78, 5) is 47.3. The van der Waals surface area contributed by atoms with Gasteiger partial charge in [0.05, 0.1) is 18.4 Å². The molecule has 0 aromatic carbocycles. The summed E-state index contributed by atoms with van der Waals surface area (Å²) in [5.74, 6) is 0.352. The zero-order valence-electron chi connectivity index (χ0n) is 25.1. The topological polar surface area (TPSA) is 124 Å². The maximum Gasteiger partial charge on any atom is 0.269 e. The fraction of sp³-hybridized carbons (Fsp3) is 0.733. The molecule has 1 aliphatic carbocycles. The number of halogens is 2. The van der Waals surface area contributed by atoms with E-state index in [9.17, 15) is 19.5 Å². The number of nitrogens with one attached hydrogen (secondary N) is 2. The lowest BCUT2D eigenvalue weighted by atomic mass is 9.77. The molecule has 12 heteroatoms. The number of amides is 3. The number of aliphatic hydroxyl groups is 1. The first-order valence-electron chi connectivity index (χ1n) is 15.2. The number of nitrogens with zero attached hydrogens (tertiary/aromatic N) is 3. The molecule has 2 saturated heterocycles. The minimum atomic E-state index is -0.856. The summed E-state index contributed by atoms with van der Waals surface area (Å²) < 4.78 is 5.78. The molecule has 1 aromatic rings. The van der Waals surface area contributed by atoms with Gasteiger partial charge in [0.15, 0.2) is 0 Å². The number of piperazine rings is 1. The van der Waals surface area contributed by atoms with Crippen molar-refractivity contribution in [3.05, 3.63) is 24.0 Å². The van der Waals surface area contributed by atoms with Gasteiger partial charge in [0.1, 0.15) is 23.0 Å². The minimum Gasteiger partial charge on any atom is -0.492 e. The van der Waals surface area contributed by atoms with E-state index in [1.807, 2.05) is 4.90 Å². The molecule has 1 atom stereocenters. The van der Waals surface area contributed by atoms with Crippen LogP contribution in [0.25, 0.3) is 0 Å². The first-order valence-corrected chi connectivity index (χ1v) is 15.2. The lowest BCUT2D eigenvalue weighted by Crippen LogP contribution is -2.73. The van der Waals surface area contributed by atoms with Crippen LogP contribution < -0.4 is 15.4 Å². The van der Waals surface area contributed by atoms with Crippen molar-refractivity contribution in [3.63, 3.8) is 0 Å². The third-order valence-corrected chi connectivity index (χ3v) is 8.93. The van der Waals surface area contributed by atoms with E-state index in [4.69, 9.17) is 4.74 Å². The van der Waals surface area contributed by atoms with Crippen molar-refractivity contribution in [2.75, 3.05) is 39.8 Å². The smallest absolute Gasteiger partial charge is 0.269 e. The molecule has 0 bridgehead atoms. The number of hydrogen-bond donors (Lipinski definition) is 3. The highest BCUT2D eigenvalue weighted by Crippen LogP contribution is 2.37. The van der Waals surface area contributed by atoms with E-state index in [-0.39, 0.29) is 42.5 Å². The summed E-state index contributed by atoms with van der Waals surface area (Å²) in [6.45, 7) is 5.70. The summed E-state index contributed by atoms with van der Waals surface area (Å²) in [5.41, 5.74) is -1.28. The van der Waals surface area contributed by atoms with Crippen LogP contribution in [0.4, 0.5) is 0 Å². The van der Waals surface area contributed by atoms with Gasteiger partial charge < -0.3 is 30.3 Å². The summed E-state index contributed by atoms with van der Waals surface area (Å²) in [6.07, 6.45) is 11.3. The molecule has 42 heavy (non-hydrogen) atoms. The molecule has 3 amide bonds. The number of carbonyl (C=O) groups excluding carboxylic acids is 3. The molecular weight excluding hydrogens is 581 g/mol. The molecule has 238 valence electrons. The van der Waals surface area contributed by atoms with Crippen LogP contribution >= 0.6 is 24.8 Å². The zero-order chi connectivity index (χ0) is 28.6. The first-order chi connectivity index (χ1) is 19.3. The number of hydrogen-bond acceptors (Lipinski definition) is 7. The van der Waals surface area contributed by atoms with Crippen LogP contribution in [0, 0.1) is 0 Å². The Bertz CT molecular complexity index is 1010. The van der Waals surface area contributed by atoms with E-state index in [1.54, 1.807) is 25.4 Å². The van der Waals surface area contributed by atoms with E-state index in [0.29, 0.717) is 56.7 Å². The van der Waals surface area contributed by atoms with Gasteiger partial charge in [-0.3, -0.25) is 14.4 Å². The molecule has 1 spiro atoms. The Morgan fingerprint density at radius 2 is 1.79 bits per heavy atom. The number of pyridine rings is 1. The van der Waals surface area contributed by atoms with Crippen molar-refractivity contribution in [2.24, 2.45) is 0 Å². The van der Waals surface area contributed by atoms with Gasteiger partial charge in [-0.25, -0.2) is 4.98 Å². The van der Waals surface area contributed by atoms with E-state index in [2.05, 4.69) is 27.4 Å². The van der Waals surface area contributed by atoms with E-state index < -0.39 is 17.2 Å². The van der Waals surface area contributed by atoms with Gasteiger partial charge >= 0.3 is 0 Å². The zero-order valence-corrected chi connectivity index (χ0v) is 26.7. The molecule has 3 aliphatic rings. The molecule has 2 aliphatic heterocycles. The highest BCUT2D eigenvalue weighted by Gasteiger charge is 2.54. The van der Waals surface area contributed by atoms with Gasteiger partial charge in [0.25, 0.3) is 5.91 Å². The largest absolute Gasteiger partial charge is 0.492 e. The molecule has 1 saturated carbocycles. The maximum absolute atomic E-state index is 13.7. The van der Waals surface area contributed by atoms with Gasteiger partial charge in [0, 0.05) is 33.1 Å². The molecular formula is C30H49Cl2N5O5. The standard InChI is InChI=1S/C30H47N5O5.2ClH/c1-3-4-17-35-27(37)25(21-29(39)12-6-5-7-13-29)33-28(38)30(35)14-18-34(19-15-30)16-8-9-20-40-23-10-11-24(32-22-23)26(36)31-2;;/h10-11,22,25,39H,3-9,12-21H2,1-2H3,(H,31,36)(H,33,38);2*1H/t25-;;/m1../s1. The monoisotopic (exact) mass is 629 g/mol. The quantitative estimate of drug-likeness (QED) is 0.302. The average molecular weight is 631 g/mol. The van der Waals surface area contributed by atoms with Crippen LogP contribution in [-0.2, 0) is 9.59 Å². The molecule has 1 aromatic heterocycles. The van der Waals surface area contributed by atoms with Gasteiger partial charge in [0.2, 0.25) is 11.8 Å². The molecule has 3 fully saturated rings. The van der Waals surface area contributed by atoms with Crippen LogP contribution in [0.1, 0.15) is 94.5 Å². The van der Waals surface area contributed by atoms with E-state index >= 15 is 0 Å². The number of likely N-dealkylation sites (tertiary alicyclic amines) is 1. The normalized spacial score (nSPS) is 21.6. The fourth-order valence-corrected chi connectivity index (χ4v) is 6.45. The van der Waals surface area contributed by atoms with E-state index in [0.717, 1.165) is 64.6 Å². The predicted octanol–water partition coefficient (Wildman–Crippen LogP) is 3.49. The molecule has 3 N–H and O–H groups in total. The third-order valence-electron chi connectivity index (χ3n) is 8.93. The predicted molar refractivity (Wildman–Crippen MR) is 166 cm³/mol. The van der Waals surface area contributed by atoms with Crippen molar-refractivity contribution in [2.45, 2.75) is 101 Å². The number of rotatable bonds is 12. The highest BCUT2D eigenvalue weighted by molar-refractivity contribution is 6.00. The number of unbranched alkanes of at least 4 members (excludes halogenated alkanes) is 2. The lowest BCUT2D eigenvalue weighted by molar-refractivity contribution is -0.163. The van der Waals surface area contributed by atoms with Crippen LogP contribution in [0.5, 0.6) is 5.75 Å². The summed E-state index contributed by atoms with van der Waals surface area (Å²) in [7, 11) is 1.57. The number of ether oxygens (including phenoxy) is 1. The summed E-state index contributed by atoms with van der Waals surface area (Å²) >= 11 is 0. The fourth-order valence-electron chi connectivity index (χ4n) is 6.45. The SMILES string of the molecule is CCCCN1C(=O)[C@@H](CC2(O)CCCCC2)NC(=O)C12CCN(CCCCOc1ccc(C(=O)NC)nc1)CC2.Cl.Cl. The average Bonchev–Trinajstić information content (AvgIpc) is 2.97. The Morgan fingerprint density at radius 3 is 2.40 bits per heavy atom. The van der Waals surface area contributed by atoms with Crippen molar-refractivity contribution in [1.29, 1.82) is 0 Å². The molecule has 10 nitrogen and oxygen atoms in total. The summed E-state index contributed by atoms with van der Waals surface area (Å²) in [5, 5.41) is 16.7. The molecule has 4 rings (SSSR count). The van der Waals surface area contributed by atoms with E-state index in [1.165, 1.54) is 0 Å². The Morgan fingerprint density at radius 1 is 1.07 bits per heavy atom.